The van der Waals surface area contributed by atoms with Crippen molar-refractivity contribution in [2.24, 2.45) is 0 Å². The average molecular weight is 538 g/mol. The number of carbonyl (C=O) groups excluding carboxylic acids is 2. The number of halogens is 1. The molecule has 3 rings (SSSR count). The summed E-state index contributed by atoms with van der Waals surface area (Å²) in [5, 5.41) is 14.2. The van der Waals surface area contributed by atoms with Gasteiger partial charge in [0.1, 0.15) is 17.6 Å². The van der Waals surface area contributed by atoms with Crippen LogP contribution in [0.5, 0.6) is 11.5 Å². The smallest absolute Gasteiger partial charge is 0.311 e. The van der Waals surface area contributed by atoms with E-state index < -0.39 is 29.3 Å². The molecule has 10 heteroatoms. The summed E-state index contributed by atoms with van der Waals surface area (Å²) in [7, 11) is 1.30. The van der Waals surface area contributed by atoms with Gasteiger partial charge in [-0.25, -0.2) is 4.39 Å². The average Bonchev–Trinajstić information content (AvgIpc) is 2.94. The second-order valence-electron chi connectivity index (χ2n) is 9.05. The van der Waals surface area contributed by atoms with E-state index in [0.717, 1.165) is 5.56 Å². The Balaban J connectivity index is 1.91. The van der Waals surface area contributed by atoms with Crippen molar-refractivity contribution in [3.63, 3.8) is 0 Å². The Morgan fingerprint density at radius 3 is 2.36 bits per heavy atom. The molecule has 0 heterocycles. The lowest BCUT2D eigenvalue weighted by atomic mass is 10.0. The third-order valence-electron chi connectivity index (χ3n) is 6.25. The van der Waals surface area contributed by atoms with Crippen molar-refractivity contribution in [2.75, 3.05) is 13.7 Å². The highest BCUT2D eigenvalue weighted by atomic mass is 19.1. The molecule has 1 N–H and O–H groups in total. The number of hydrogen-bond donors (Lipinski definition) is 1. The van der Waals surface area contributed by atoms with Crippen LogP contribution in [0.4, 0.5) is 10.1 Å². The third-order valence-corrected chi connectivity index (χ3v) is 6.25. The van der Waals surface area contributed by atoms with E-state index in [9.17, 15) is 24.1 Å². The fraction of sp³-hybridized carbons (Fsp3) is 0.310. The van der Waals surface area contributed by atoms with E-state index in [1.165, 1.54) is 42.3 Å². The van der Waals surface area contributed by atoms with Gasteiger partial charge in [0.25, 0.3) is 5.91 Å². The first-order valence-corrected chi connectivity index (χ1v) is 12.5. The van der Waals surface area contributed by atoms with Crippen LogP contribution in [0.1, 0.15) is 31.4 Å². The molecule has 3 aromatic rings. The van der Waals surface area contributed by atoms with Gasteiger partial charge in [-0.05, 0) is 42.7 Å². The number of benzene rings is 3. The number of amides is 2. The fourth-order valence-corrected chi connectivity index (χ4v) is 3.91. The minimum Gasteiger partial charge on any atom is -0.490 e. The minimum atomic E-state index is -0.881. The van der Waals surface area contributed by atoms with Crippen LogP contribution in [0.15, 0.2) is 72.8 Å². The van der Waals surface area contributed by atoms with Gasteiger partial charge < -0.3 is 19.7 Å². The Kier molecular flexibility index (Phi) is 10.4. The predicted octanol–water partition coefficient (Wildman–Crippen LogP) is 4.68. The zero-order chi connectivity index (χ0) is 28.4. The zero-order valence-corrected chi connectivity index (χ0v) is 22.1. The topological polar surface area (TPSA) is 111 Å². The molecule has 39 heavy (non-hydrogen) atoms. The number of nitrogens with zero attached hydrogens (tertiary/aromatic N) is 2. The molecular formula is C29H32FN3O6. The summed E-state index contributed by atoms with van der Waals surface area (Å²) < 4.78 is 24.3. The number of methoxy groups -OCH3 is 1. The van der Waals surface area contributed by atoms with E-state index in [1.807, 2.05) is 44.2 Å². The molecule has 0 aromatic heterocycles. The third kappa shape index (κ3) is 8.26. The van der Waals surface area contributed by atoms with Gasteiger partial charge in [0.05, 0.1) is 12.0 Å². The van der Waals surface area contributed by atoms with Gasteiger partial charge in [-0.3, -0.25) is 19.7 Å². The van der Waals surface area contributed by atoms with Crippen LogP contribution in [0.25, 0.3) is 0 Å². The molecule has 2 amide bonds. The quantitative estimate of drug-likeness (QED) is 0.250. The number of hydrogen-bond acceptors (Lipinski definition) is 6. The molecule has 2 atom stereocenters. The molecule has 9 nitrogen and oxygen atoms in total. The number of ether oxygens (including phenoxy) is 2. The van der Waals surface area contributed by atoms with Crippen LogP contribution in [-0.4, -0.2) is 47.4 Å². The molecule has 0 saturated heterocycles. The van der Waals surface area contributed by atoms with Gasteiger partial charge >= 0.3 is 5.69 Å². The molecule has 0 saturated carbocycles. The van der Waals surface area contributed by atoms with Gasteiger partial charge in [-0.2, -0.15) is 0 Å². The normalized spacial score (nSPS) is 12.2. The summed E-state index contributed by atoms with van der Waals surface area (Å²) in [6.07, 6.45) is 0.961. The largest absolute Gasteiger partial charge is 0.490 e. The molecule has 206 valence electrons. The van der Waals surface area contributed by atoms with Crippen LogP contribution in [0, 0.1) is 15.9 Å². The van der Waals surface area contributed by atoms with Crippen molar-refractivity contribution < 1.29 is 28.4 Å². The number of rotatable bonds is 13. The number of nitrogens with one attached hydrogen (secondary N) is 1. The zero-order valence-electron chi connectivity index (χ0n) is 22.1. The number of nitro groups is 1. The Bertz CT molecular complexity index is 1270. The first-order chi connectivity index (χ1) is 18.7. The van der Waals surface area contributed by atoms with Crippen LogP contribution in [-0.2, 0) is 22.6 Å². The standard InChI is InChI=1S/C29H32FN3O6/c1-4-20(2)31-29(35)26(16-21-8-6-5-7-9-21)32(18-22-10-12-23(30)13-11-22)28(34)19-39-24-14-15-25(33(36)37)27(17-24)38-3/h5-15,17,20,26H,4,16,18-19H2,1-3H3,(H,31,35)/t20-,26+/m1/s1. The predicted molar refractivity (Wildman–Crippen MR) is 144 cm³/mol. The molecular weight excluding hydrogens is 505 g/mol. The van der Waals surface area contributed by atoms with E-state index in [1.54, 1.807) is 12.1 Å². The Morgan fingerprint density at radius 1 is 1.05 bits per heavy atom. The molecule has 3 aromatic carbocycles. The number of carbonyl (C=O) groups is 2. The van der Waals surface area contributed by atoms with Gasteiger partial charge in [0.2, 0.25) is 11.7 Å². The second kappa shape index (κ2) is 13.9. The fourth-order valence-electron chi connectivity index (χ4n) is 3.91. The van der Waals surface area contributed by atoms with E-state index in [4.69, 9.17) is 9.47 Å². The van der Waals surface area contributed by atoms with E-state index in [0.29, 0.717) is 12.0 Å². The molecule has 0 spiro atoms. The number of nitro benzene ring substituents is 1. The molecule has 0 fully saturated rings. The van der Waals surface area contributed by atoms with Crippen LogP contribution in [0.2, 0.25) is 0 Å². The highest BCUT2D eigenvalue weighted by molar-refractivity contribution is 5.88. The highest BCUT2D eigenvalue weighted by Gasteiger charge is 2.31. The van der Waals surface area contributed by atoms with Gasteiger partial charge in [-0.1, -0.05) is 49.4 Å². The Morgan fingerprint density at radius 2 is 1.74 bits per heavy atom. The summed E-state index contributed by atoms with van der Waals surface area (Å²) in [6, 6.07) is 18.0. The van der Waals surface area contributed by atoms with Crippen molar-refractivity contribution in [3.05, 3.63) is 99.9 Å². The van der Waals surface area contributed by atoms with Crippen molar-refractivity contribution >= 4 is 17.5 Å². The Hall–Kier alpha value is -4.47. The monoisotopic (exact) mass is 537 g/mol. The van der Waals surface area contributed by atoms with Crippen molar-refractivity contribution in [3.8, 4) is 11.5 Å². The SMILES string of the molecule is CC[C@@H](C)NC(=O)[C@H](Cc1ccccc1)N(Cc1ccc(F)cc1)C(=O)COc1ccc([N+](=O)[O-])c(OC)c1. The molecule has 0 bridgehead atoms. The Labute approximate surface area is 226 Å². The molecule has 0 unspecified atom stereocenters. The molecule has 0 aliphatic rings. The van der Waals surface area contributed by atoms with E-state index >= 15 is 0 Å². The van der Waals surface area contributed by atoms with Crippen molar-refractivity contribution in [1.82, 2.24) is 10.2 Å². The minimum absolute atomic E-state index is 0.0111. The van der Waals surface area contributed by atoms with E-state index in [2.05, 4.69) is 5.32 Å². The van der Waals surface area contributed by atoms with Gasteiger partial charge in [-0.15, -0.1) is 0 Å². The summed E-state index contributed by atoms with van der Waals surface area (Å²) in [5.74, 6) is -1.04. The lowest BCUT2D eigenvalue weighted by Crippen LogP contribution is -2.53. The highest BCUT2D eigenvalue weighted by Crippen LogP contribution is 2.30. The van der Waals surface area contributed by atoms with Crippen LogP contribution in [0.3, 0.4) is 0 Å². The second-order valence-corrected chi connectivity index (χ2v) is 9.05. The summed E-state index contributed by atoms with van der Waals surface area (Å²) >= 11 is 0. The van der Waals surface area contributed by atoms with Crippen molar-refractivity contribution in [1.29, 1.82) is 0 Å². The maximum Gasteiger partial charge on any atom is 0.311 e. The first kappa shape index (κ1) is 29.1. The van der Waals surface area contributed by atoms with Crippen molar-refractivity contribution in [2.45, 2.75) is 45.3 Å². The van der Waals surface area contributed by atoms with Crippen LogP contribution >= 0.6 is 0 Å². The lowest BCUT2D eigenvalue weighted by molar-refractivity contribution is -0.385. The summed E-state index contributed by atoms with van der Waals surface area (Å²) in [4.78, 5) is 39.1. The first-order valence-electron chi connectivity index (χ1n) is 12.5. The van der Waals surface area contributed by atoms with Gasteiger partial charge in [0, 0.05) is 31.1 Å². The molecule has 0 aliphatic carbocycles. The molecule has 0 radical (unpaired) electrons. The van der Waals surface area contributed by atoms with E-state index in [-0.39, 0.29) is 42.1 Å². The summed E-state index contributed by atoms with van der Waals surface area (Å²) in [6.45, 7) is 3.43. The molecule has 0 aliphatic heterocycles. The van der Waals surface area contributed by atoms with Gasteiger partial charge in [0.15, 0.2) is 6.61 Å². The van der Waals surface area contributed by atoms with Crippen LogP contribution < -0.4 is 14.8 Å². The lowest BCUT2D eigenvalue weighted by Gasteiger charge is -2.32. The summed E-state index contributed by atoms with van der Waals surface area (Å²) in [5.41, 5.74) is 1.26. The maximum atomic E-state index is 13.6. The maximum absolute atomic E-state index is 13.6.